The minimum absolute atomic E-state index is 0.278. The van der Waals surface area contributed by atoms with E-state index in [4.69, 9.17) is 4.74 Å². The van der Waals surface area contributed by atoms with Gasteiger partial charge in [-0.1, -0.05) is 18.9 Å². The molecule has 2 aromatic rings. The lowest BCUT2D eigenvalue weighted by molar-refractivity contribution is 0.00271. The summed E-state index contributed by atoms with van der Waals surface area (Å²) in [5.74, 6) is 1.07. The van der Waals surface area contributed by atoms with Crippen LogP contribution in [-0.4, -0.2) is 35.5 Å². The Labute approximate surface area is 160 Å². The average molecular weight is 362 g/mol. The lowest BCUT2D eigenvalue weighted by Crippen LogP contribution is -2.59. The van der Waals surface area contributed by atoms with Crippen LogP contribution in [0.1, 0.15) is 53.6 Å². The minimum Gasteiger partial charge on any atom is -0.423 e. The normalized spacial score (nSPS) is 29.5. The van der Waals surface area contributed by atoms with E-state index < -0.39 is 0 Å². The smallest absolute Gasteiger partial charge is 0.345 e. The van der Waals surface area contributed by atoms with Crippen molar-refractivity contribution in [2.45, 2.75) is 50.0 Å². The van der Waals surface area contributed by atoms with Crippen molar-refractivity contribution in [3.63, 3.8) is 0 Å². The van der Waals surface area contributed by atoms with Crippen molar-refractivity contribution in [1.29, 1.82) is 0 Å². The third-order valence-electron chi connectivity index (χ3n) is 7.19. The van der Waals surface area contributed by atoms with Gasteiger partial charge >= 0.3 is 5.97 Å². The van der Waals surface area contributed by atoms with Crippen LogP contribution < -0.4 is 4.74 Å². The molecule has 2 bridgehead atoms. The number of rotatable bonds is 2. The highest BCUT2D eigenvalue weighted by atomic mass is 16.5. The van der Waals surface area contributed by atoms with Crippen LogP contribution in [0.2, 0.25) is 0 Å². The number of ether oxygens (including phenoxy) is 1. The highest BCUT2D eigenvalue weighted by Gasteiger charge is 2.53. The summed E-state index contributed by atoms with van der Waals surface area (Å²) >= 11 is 0. The molecule has 0 spiro atoms. The van der Waals surface area contributed by atoms with E-state index in [1.54, 1.807) is 24.5 Å². The van der Waals surface area contributed by atoms with Crippen molar-refractivity contribution in [2.75, 3.05) is 13.6 Å². The number of hydrogen-bond donors (Lipinski definition) is 0. The highest BCUT2D eigenvalue weighted by Crippen LogP contribution is 2.55. The van der Waals surface area contributed by atoms with Crippen LogP contribution in [0.3, 0.4) is 0 Å². The molecule has 4 heteroatoms. The summed E-state index contributed by atoms with van der Waals surface area (Å²) < 4.78 is 5.71. The number of piperidine rings is 1. The summed E-state index contributed by atoms with van der Waals surface area (Å²) in [6.07, 6.45) is 10.8. The number of likely N-dealkylation sites (tertiary alicyclic amines) is 1. The highest BCUT2D eigenvalue weighted by molar-refractivity contribution is 5.90. The van der Waals surface area contributed by atoms with Crippen molar-refractivity contribution in [3.8, 4) is 5.75 Å². The van der Waals surface area contributed by atoms with Crippen LogP contribution in [0.4, 0.5) is 0 Å². The zero-order valence-electron chi connectivity index (χ0n) is 15.9. The Morgan fingerprint density at radius 3 is 3.04 bits per heavy atom. The Kier molecular flexibility index (Phi) is 4.05. The fourth-order valence-corrected chi connectivity index (χ4v) is 5.89. The van der Waals surface area contributed by atoms with Gasteiger partial charge in [0.1, 0.15) is 5.75 Å². The maximum absolute atomic E-state index is 12.5. The summed E-state index contributed by atoms with van der Waals surface area (Å²) in [5.41, 5.74) is 3.67. The molecule has 1 saturated carbocycles. The van der Waals surface area contributed by atoms with Crippen LogP contribution >= 0.6 is 0 Å². The third kappa shape index (κ3) is 2.69. The molecule has 1 aliphatic heterocycles. The second kappa shape index (κ2) is 6.45. The summed E-state index contributed by atoms with van der Waals surface area (Å²) in [7, 11) is 2.29. The standard InChI is InChI=1S/C23H26N2O2/c1-25-12-10-23-9-3-2-6-19(23)21(25)13-16-7-8-18(14-20(16)23)27-22(26)17-5-4-11-24-15-17/h4-5,7-8,11,14-15,19,21H,2-3,6,9-10,12-13H2,1H3/t19-,21-,23+/m0/s1. The number of benzene rings is 1. The van der Waals surface area contributed by atoms with Gasteiger partial charge < -0.3 is 9.64 Å². The molecule has 2 aliphatic carbocycles. The molecule has 1 aromatic carbocycles. The van der Waals surface area contributed by atoms with Gasteiger partial charge in [0.05, 0.1) is 5.56 Å². The molecule has 0 amide bonds. The van der Waals surface area contributed by atoms with Gasteiger partial charge in [-0.2, -0.15) is 0 Å². The van der Waals surface area contributed by atoms with Gasteiger partial charge in [0.25, 0.3) is 0 Å². The molecule has 140 valence electrons. The molecular formula is C23H26N2O2. The summed E-state index contributed by atoms with van der Waals surface area (Å²) in [5, 5.41) is 0. The quantitative estimate of drug-likeness (QED) is 0.598. The SMILES string of the molecule is CN1CC[C@]23CCCC[C@H]2[C@@H]1Cc1ccc(OC(=O)c2cccnc2)cc13. The predicted molar refractivity (Wildman–Crippen MR) is 104 cm³/mol. The first-order valence-corrected chi connectivity index (χ1v) is 10.1. The molecule has 4 nitrogen and oxygen atoms in total. The van der Waals surface area contributed by atoms with Gasteiger partial charge in [-0.25, -0.2) is 4.79 Å². The fourth-order valence-electron chi connectivity index (χ4n) is 5.89. The first-order valence-electron chi connectivity index (χ1n) is 10.1. The van der Waals surface area contributed by atoms with E-state index in [0.717, 1.165) is 12.3 Å². The third-order valence-corrected chi connectivity index (χ3v) is 7.19. The molecule has 2 heterocycles. The van der Waals surface area contributed by atoms with Crippen molar-refractivity contribution in [2.24, 2.45) is 5.92 Å². The number of carbonyl (C=O) groups is 1. The fraction of sp³-hybridized carbons (Fsp3) is 0.478. The van der Waals surface area contributed by atoms with E-state index >= 15 is 0 Å². The van der Waals surface area contributed by atoms with Crippen LogP contribution in [0.25, 0.3) is 0 Å². The van der Waals surface area contributed by atoms with Gasteiger partial charge in [-0.3, -0.25) is 4.98 Å². The van der Waals surface area contributed by atoms with Gasteiger partial charge in [-0.15, -0.1) is 0 Å². The van der Waals surface area contributed by atoms with Gasteiger partial charge in [0, 0.05) is 23.9 Å². The monoisotopic (exact) mass is 362 g/mol. The largest absolute Gasteiger partial charge is 0.423 e. The van der Waals surface area contributed by atoms with E-state index in [2.05, 4.69) is 29.1 Å². The Balaban J connectivity index is 1.50. The summed E-state index contributed by atoms with van der Waals surface area (Å²) in [6.45, 7) is 1.17. The molecule has 1 aromatic heterocycles. The molecule has 0 radical (unpaired) electrons. The van der Waals surface area contributed by atoms with E-state index in [1.165, 1.54) is 49.8 Å². The second-order valence-electron chi connectivity index (χ2n) is 8.46. The zero-order chi connectivity index (χ0) is 18.4. The molecule has 27 heavy (non-hydrogen) atoms. The number of nitrogens with zero attached hydrogens (tertiary/aromatic N) is 2. The second-order valence-corrected chi connectivity index (χ2v) is 8.46. The maximum atomic E-state index is 12.5. The van der Waals surface area contributed by atoms with Crippen molar-refractivity contribution >= 4 is 5.97 Å². The molecule has 3 atom stereocenters. The van der Waals surface area contributed by atoms with E-state index in [9.17, 15) is 4.79 Å². The number of likely N-dealkylation sites (N-methyl/N-ethyl adjacent to an activating group) is 1. The molecule has 1 saturated heterocycles. The Morgan fingerprint density at radius 1 is 1.26 bits per heavy atom. The van der Waals surface area contributed by atoms with Crippen molar-refractivity contribution in [3.05, 3.63) is 59.4 Å². The number of hydrogen-bond acceptors (Lipinski definition) is 4. The minimum atomic E-state index is -0.335. The van der Waals surface area contributed by atoms with Crippen LogP contribution in [0.15, 0.2) is 42.7 Å². The lowest BCUT2D eigenvalue weighted by Gasteiger charge is -2.58. The number of carbonyl (C=O) groups excluding carboxylic acids is 1. The molecular weight excluding hydrogens is 336 g/mol. The van der Waals surface area contributed by atoms with E-state index in [0.29, 0.717) is 17.4 Å². The molecule has 2 fully saturated rings. The van der Waals surface area contributed by atoms with Gasteiger partial charge in [0.2, 0.25) is 0 Å². The average Bonchev–Trinajstić information content (AvgIpc) is 2.71. The first-order chi connectivity index (χ1) is 13.2. The first kappa shape index (κ1) is 16.9. The van der Waals surface area contributed by atoms with Crippen molar-refractivity contribution < 1.29 is 9.53 Å². The number of aromatic nitrogens is 1. The summed E-state index contributed by atoms with van der Waals surface area (Å²) in [6, 6.07) is 10.5. The van der Waals surface area contributed by atoms with E-state index in [-0.39, 0.29) is 11.4 Å². The number of fused-ring (bicyclic) bond motifs is 1. The molecule has 0 N–H and O–H groups in total. The lowest BCUT2D eigenvalue weighted by atomic mass is 9.52. The van der Waals surface area contributed by atoms with Crippen LogP contribution in [0.5, 0.6) is 5.75 Å². The van der Waals surface area contributed by atoms with E-state index in [1.807, 2.05) is 6.07 Å². The zero-order valence-corrected chi connectivity index (χ0v) is 15.9. The Bertz CT molecular complexity index is 866. The Morgan fingerprint density at radius 2 is 2.19 bits per heavy atom. The van der Waals surface area contributed by atoms with Crippen molar-refractivity contribution in [1.82, 2.24) is 9.88 Å². The summed E-state index contributed by atoms with van der Waals surface area (Å²) in [4.78, 5) is 19.0. The van der Waals surface area contributed by atoms with Crippen LogP contribution in [-0.2, 0) is 11.8 Å². The van der Waals surface area contributed by atoms with Crippen LogP contribution in [0, 0.1) is 5.92 Å². The predicted octanol–water partition coefficient (Wildman–Crippen LogP) is 3.99. The molecule has 3 aliphatic rings. The topological polar surface area (TPSA) is 42.4 Å². The van der Waals surface area contributed by atoms with Gasteiger partial charge in [-0.05, 0) is 80.6 Å². The number of pyridine rings is 1. The number of esters is 1. The molecule has 5 rings (SSSR count). The maximum Gasteiger partial charge on any atom is 0.345 e. The van der Waals surface area contributed by atoms with Gasteiger partial charge in [0.15, 0.2) is 0 Å². The molecule has 0 unspecified atom stereocenters. The Hall–Kier alpha value is -2.20.